The number of rotatable bonds is 3. The molecule has 0 saturated carbocycles. The summed E-state index contributed by atoms with van der Waals surface area (Å²) in [4.78, 5) is 19.7. The molecule has 0 aliphatic carbocycles. The molecule has 2 heterocycles. The molecule has 0 saturated heterocycles. The third-order valence-electron chi connectivity index (χ3n) is 5.28. The van der Waals surface area contributed by atoms with Gasteiger partial charge in [0.25, 0.3) is 5.91 Å². The zero-order valence-corrected chi connectivity index (χ0v) is 18.3. The lowest BCUT2D eigenvalue weighted by atomic mass is 10.1. The first kappa shape index (κ1) is 21.7. The number of hydrogen-bond acceptors (Lipinski definition) is 5. The molecule has 1 aliphatic heterocycles. The fraction of sp³-hybridized carbons (Fsp3) is 0.308. The minimum absolute atomic E-state index is 0.0344. The molecule has 1 aliphatic rings. The van der Waals surface area contributed by atoms with Crippen LogP contribution in [0.3, 0.4) is 0 Å². The van der Waals surface area contributed by atoms with Crippen LogP contribution in [-0.4, -0.2) is 35.5 Å². The first-order valence-electron chi connectivity index (χ1n) is 11.1. The quantitative estimate of drug-likeness (QED) is 0.549. The molecule has 0 fully saturated rings. The predicted molar refractivity (Wildman–Crippen MR) is 122 cm³/mol. The summed E-state index contributed by atoms with van der Waals surface area (Å²) in [6.07, 6.45) is 4.45. The number of pyridine rings is 1. The maximum Gasteiger partial charge on any atom is 0.254 e. The number of hydrogen-bond donors (Lipinski definition) is 0. The van der Waals surface area contributed by atoms with E-state index in [4.69, 9.17) is 14.2 Å². The first-order chi connectivity index (χ1) is 15.7. The lowest BCUT2D eigenvalue weighted by Crippen LogP contribution is -2.31. The fourth-order valence-corrected chi connectivity index (χ4v) is 3.68. The van der Waals surface area contributed by atoms with Gasteiger partial charge in [-0.1, -0.05) is 24.3 Å². The third kappa shape index (κ3) is 5.38. The van der Waals surface area contributed by atoms with E-state index in [-0.39, 0.29) is 5.91 Å². The summed E-state index contributed by atoms with van der Waals surface area (Å²) >= 11 is 0. The van der Waals surface area contributed by atoms with Crippen LogP contribution in [0.15, 0.2) is 66.9 Å². The summed E-state index contributed by atoms with van der Waals surface area (Å²) in [7, 11) is 0. The molecule has 0 bridgehead atoms. The van der Waals surface area contributed by atoms with Gasteiger partial charge in [0.05, 0.1) is 19.8 Å². The Morgan fingerprint density at radius 1 is 1.03 bits per heavy atom. The minimum Gasteiger partial charge on any atom is -0.494 e. The molecule has 4 rings (SSSR count). The number of aromatic nitrogens is 1. The lowest BCUT2D eigenvalue weighted by Gasteiger charge is -2.24. The van der Waals surface area contributed by atoms with Gasteiger partial charge in [-0.3, -0.25) is 4.79 Å². The molecule has 2 aromatic carbocycles. The van der Waals surface area contributed by atoms with Gasteiger partial charge in [0, 0.05) is 23.9 Å². The molecule has 166 valence electrons. The van der Waals surface area contributed by atoms with Crippen LogP contribution in [-0.2, 0) is 6.54 Å². The lowest BCUT2D eigenvalue weighted by molar-refractivity contribution is 0.0738. The molecular formula is C26H28N2O4. The van der Waals surface area contributed by atoms with Crippen molar-refractivity contribution >= 4 is 5.91 Å². The summed E-state index contributed by atoms with van der Waals surface area (Å²) in [5, 5.41) is 0. The highest BCUT2D eigenvalue weighted by Crippen LogP contribution is 2.33. The van der Waals surface area contributed by atoms with E-state index in [9.17, 15) is 4.79 Å². The van der Waals surface area contributed by atoms with E-state index < -0.39 is 0 Å². The molecule has 6 nitrogen and oxygen atoms in total. The summed E-state index contributed by atoms with van der Waals surface area (Å²) in [5.41, 5.74) is 1.45. The van der Waals surface area contributed by atoms with Crippen LogP contribution in [0.5, 0.6) is 23.1 Å². The average molecular weight is 433 g/mol. The second-order valence-electron chi connectivity index (χ2n) is 7.61. The minimum atomic E-state index is -0.0344. The number of carbonyl (C=O) groups excluding carboxylic acids is 1. The van der Waals surface area contributed by atoms with Crippen molar-refractivity contribution in [2.75, 3.05) is 19.8 Å². The van der Waals surface area contributed by atoms with Gasteiger partial charge in [0.1, 0.15) is 5.75 Å². The van der Waals surface area contributed by atoms with Gasteiger partial charge in [-0.25, -0.2) is 4.98 Å². The zero-order chi connectivity index (χ0) is 22.2. The van der Waals surface area contributed by atoms with Gasteiger partial charge < -0.3 is 19.1 Å². The molecule has 6 heteroatoms. The molecule has 1 amide bonds. The topological polar surface area (TPSA) is 60.9 Å². The van der Waals surface area contributed by atoms with Crippen LogP contribution in [0.2, 0.25) is 0 Å². The van der Waals surface area contributed by atoms with Gasteiger partial charge in [-0.2, -0.15) is 0 Å². The number of fused-ring (bicyclic) bond motifs is 2. The molecule has 0 radical (unpaired) electrons. The summed E-state index contributed by atoms with van der Waals surface area (Å²) in [5.74, 6) is 2.46. The summed E-state index contributed by atoms with van der Waals surface area (Å²) < 4.78 is 17.7. The largest absolute Gasteiger partial charge is 0.494 e. The first-order valence-corrected chi connectivity index (χ1v) is 11.1. The number of carbonyl (C=O) groups is 1. The van der Waals surface area contributed by atoms with Gasteiger partial charge in [0.2, 0.25) is 5.88 Å². The van der Waals surface area contributed by atoms with Crippen molar-refractivity contribution in [1.29, 1.82) is 0 Å². The predicted octanol–water partition coefficient (Wildman–Crippen LogP) is 5.48. The van der Waals surface area contributed by atoms with Crippen LogP contribution in [0.25, 0.3) is 0 Å². The Bertz CT molecular complexity index is 1050. The third-order valence-corrected chi connectivity index (χ3v) is 5.28. The fourth-order valence-electron chi connectivity index (χ4n) is 3.68. The maximum atomic E-state index is 13.4. The van der Waals surface area contributed by atoms with Gasteiger partial charge in [-0.05, 0) is 62.6 Å². The average Bonchev–Trinajstić information content (AvgIpc) is 2.83. The monoisotopic (exact) mass is 432 g/mol. The number of benzene rings is 2. The van der Waals surface area contributed by atoms with Crippen LogP contribution >= 0.6 is 0 Å². The van der Waals surface area contributed by atoms with Crippen LogP contribution in [0.1, 0.15) is 42.1 Å². The Morgan fingerprint density at radius 3 is 2.78 bits per heavy atom. The van der Waals surface area contributed by atoms with Crippen molar-refractivity contribution in [3.8, 4) is 23.1 Å². The van der Waals surface area contributed by atoms with Gasteiger partial charge in [0.15, 0.2) is 11.5 Å². The number of para-hydroxylation sites is 2. The highest BCUT2D eigenvalue weighted by molar-refractivity contribution is 5.94. The molecule has 0 unspecified atom stereocenters. The molecule has 32 heavy (non-hydrogen) atoms. The van der Waals surface area contributed by atoms with E-state index in [1.54, 1.807) is 12.3 Å². The highest BCUT2D eigenvalue weighted by atomic mass is 16.5. The van der Waals surface area contributed by atoms with E-state index in [1.165, 1.54) is 0 Å². The van der Waals surface area contributed by atoms with Crippen molar-refractivity contribution in [3.63, 3.8) is 0 Å². The standard InChI is InChI=1S/C26H28N2O4/c1-2-30-22-12-8-10-20(18-22)26(29)28-16-6-3-7-17-31-23-13-4-5-14-24(23)32-25-21(19-28)11-9-15-27-25/h4-5,8-15,18H,2-3,6-7,16-17,19H2,1H3. The van der Waals surface area contributed by atoms with Crippen LogP contribution in [0, 0.1) is 0 Å². The smallest absolute Gasteiger partial charge is 0.254 e. The van der Waals surface area contributed by atoms with Crippen molar-refractivity contribution in [1.82, 2.24) is 9.88 Å². The second kappa shape index (κ2) is 10.7. The summed E-state index contributed by atoms with van der Waals surface area (Å²) in [6, 6.07) is 18.8. The van der Waals surface area contributed by atoms with Crippen molar-refractivity contribution in [2.24, 2.45) is 0 Å². The molecule has 3 aromatic rings. The highest BCUT2D eigenvalue weighted by Gasteiger charge is 2.20. The van der Waals surface area contributed by atoms with Crippen molar-refractivity contribution in [3.05, 3.63) is 78.0 Å². The van der Waals surface area contributed by atoms with Gasteiger partial charge >= 0.3 is 0 Å². The number of ether oxygens (including phenoxy) is 3. The van der Waals surface area contributed by atoms with E-state index >= 15 is 0 Å². The van der Waals surface area contributed by atoms with Crippen molar-refractivity contribution < 1.29 is 19.0 Å². The van der Waals surface area contributed by atoms with Crippen LogP contribution in [0.4, 0.5) is 0 Å². The Hall–Kier alpha value is -3.54. The maximum absolute atomic E-state index is 13.4. The number of amides is 1. The summed E-state index contributed by atoms with van der Waals surface area (Å²) in [6.45, 7) is 4.13. The SMILES string of the molecule is CCOc1cccc(C(=O)N2CCCCCOc3ccccc3Oc3ncccc3C2)c1. The molecule has 1 aromatic heterocycles. The normalized spacial score (nSPS) is 14.3. The Labute approximate surface area is 188 Å². The van der Waals surface area contributed by atoms with E-state index in [0.29, 0.717) is 55.0 Å². The molecular weight excluding hydrogens is 404 g/mol. The molecule has 0 atom stereocenters. The Morgan fingerprint density at radius 2 is 1.91 bits per heavy atom. The Kier molecular flexibility index (Phi) is 7.23. The van der Waals surface area contributed by atoms with Gasteiger partial charge in [-0.15, -0.1) is 0 Å². The zero-order valence-electron chi connectivity index (χ0n) is 18.3. The Balaban J connectivity index is 1.64. The van der Waals surface area contributed by atoms with E-state index in [0.717, 1.165) is 24.8 Å². The van der Waals surface area contributed by atoms with E-state index in [2.05, 4.69) is 4.98 Å². The van der Waals surface area contributed by atoms with E-state index in [1.807, 2.05) is 66.4 Å². The van der Waals surface area contributed by atoms with Crippen molar-refractivity contribution in [2.45, 2.75) is 32.7 Å². The van der Waals surface area contributed by atoms with Crippen LogP contribution < -0.4 is 14.2 Å². The molecule has 0 spiro atoms. The second-order valence-corrected chi connectivity index (χ2v) is 7.61. The molecule has 0 N–H and O–H groups in total. The number of nitrogens with zero attached hydrogens (tertiary/aromatic N) is 2.